The summed E-state index contributed by atoms with van der Waals surface area (Å²) < 4.78 is 0. The topological polar surface area (TPSA) is 109 Å². The first-order valence-electron chi connectivity index (χ1n) is 8.56. The van der Waals surface area contributed by atoms with Crippen LogP contribution in [0.15, 0.2) is 23.4 Å². The van der Waals surface area contributed by atoms with Crippen LogP contribution in [0.25, 0.3) is 22.1 Å². The molecular formula is C17H17N7OS2. The van der Waals surface area contributed by atoms with E-state index in [0.717, 1.165) is 34.3 Å². The molecule has 0 saturated heterocycles. The van der Waals surface area contributed by atoms with Gasteiger partial charge < -0.3 is 4.98 Å². The van der Waals surface area contributed by atoms with Crippen LogP contribution in [-0.4, -0.2) is 42.0 Å². The van der Waals surface area contributed by atoms with E-state index in [1.54, 1.807) is 0 Å². The van der Waals surface area contributed by atoms with Crippen molar-refractivity contribution in [3.05, 3.63) is 28.8 Å². The number of aromatic nitrogens is 6. The number of hydrogen-bond donors (Lipinski definition) is 2. The van der Waals surface area contributed by atoms with Crippen molar-refractivity contribution < 1.29 is 4.79 Å². The molecule has 2 N–H and O–H groups in total. The fourth-order valence-corrected chi connectivity index (χ4v) is 3.90. The number of carbonyl (C=O) groups excluding carboxylic acids is 1. The fourth-order valence-electron chi connectivity index (χ4n) is 2.62. The molecule has 4 rings (SSSR count). The average Bonchev–Trinajstić information content (AvgIpc) is 3.29. The van der Waals surface area contributed by atoms with Gasteiger partial charge in [-0.15, -0.1) is 20.4 Å². The molecule has 0 saturated carbocycles. The minimum Gasteiger partial charge on any atom is -0.338 e. The summed E-state index contributed by atoms with van der Waals surface area (Å²) in [4.78, 5) is 19.8. The van der Waals surface area contributed by atoms with Crippen LogP contribution in [0.2, 0.25) is 0 Å². The van der Waals surface area contributed by atoms with E-state index in [4.69, 9.17) is 0 Å². The Bertz CT molecular complexity index is 1120. The Hall–Kier alpha value is -2.59. The number of aromatic amines is 1. The van der Waals surface area contributed by atoms with Gasteiger partial charge in [-0.05, 0) is 30.5 Å². The summed E-state index contributed by atoms with van der Waals surface area (Å²) in [5, 5.41) is 22.0. The van der Waals surface area contributed by atoms with Gasteiger partial charge in [-0.1, -0.05) is 43.0 Å². The highest BCUT2D eigenvalue weighted by atomic mass is 32.2. The van der Waals surface area contributed by atoms with E-state index in [-0.39, 0.29) is 11.7 Å². The summed E-state index contributed by atoms with van der Waals surface area (Å²) in [6.07, 6.45) is 1.76. The highest BCUT2D eigenvalue weighted by Crippen LogP contribution is 2.25. The molecule has 10 heteroatoms. The number of anilines is 1. The van der Waals surface area contributed by atoms with Gasteiger partial charge in [0.1, 0.15) is 10.5 Å². The molecule has 0 atom stereocenters. The van der Waals surface area contributed by atoms with E-state index in [1.807, 2.05) is 13.0 Å². The molecule has 27 heavy (non-hydrogen) atoms. The minimum atomic E-state index is -0.174. The van der Waals surface area contributed by atoms with Crippen molar-refractivity contribution in [2.45, 2.75) is 31.8 Å². The molecule has 1 aromatic carbocycles. The molecule has 0 aliphatic carbocycles. The van der Waals surface area contributed by atoms with Crippen LogP contribution >= 0.6 is 23.1 Å². The highest BCUT2D eigenvalue weighted by molar-refractivity contribution is 7.99. The predicted molar refractivity (Wildman–Crippen MR) is 107 cm³/mol. The van der Waals surface area contributed by atoms with Crippen molar-refractivity contribution >= 4 is 56.2 Å². The first-order chi connectivity index (χ1) is 13.2. The van der Waals surface area contributed by atoms with Crippen molar-refractivity contribution in [3.8, 4) is 0 Å². The molecule has 3 aromatic heterocycles. The molecule has 0 aliphatic heterocycles. The molecule has 0 aliphatic rings. The van der Waals surface area contributed by atoms with E-state index < -0.39 is 0 Å². The molecule has 8 nitrogen and oxygen atoms in total. The van der Waals surface area contributed by atoms with E-state index in [0.29, 0.717) is 15.9 Å². The third-order valence-corrected chi connectivity index (χ3v) is 5.84. The third-order valence-electron chi connectivity index (χ3n) is 4.02. The summed E-state index contributed by atoms with van der Waals surface area (Å²) in [7, 11) is 0. The SMILES string of the molecule is CCc1ccc2[nH]c3nc(SCC(=O)Nc4nnc(CC)s4)nnc3c2c1. The molecular weight excluding hydrogens is 382 g/mol. The van der Waals surface area contributed by atoms with E-state index in [2.05, 4.69) is 54.7 Å². The van der Waals surface area contributed by atoms with Crippen LogP contribution < -0.4 is 5.32 Å². The maximum absolute atomic E-state index is 12.1. The van der Waals surface area contributed by atoms with Crippen LogP contribution in [-0.2, 0) is 17.6 Å². The average molecular weight is 400 g/mol. The number of H-pyrrole nitrogens is 1. The number of nitrogens with one attached hydrogen (secondary N) is 2. The largest absolute Gasteiger partial charge is 0.338 e. The number of rotatable bonds is 6. The molecule has 0 fully saturated rings. The number of thioether (sulfide) groups is 1. The van der Waals surface area contributed by atoms with Crippen LogP contribution in [0.4, 0.5) is 5.13 Å². The van der Waals surface area contributed by atoms with Crippen LogP contribution in [0.1, 0.15) is 24.4 Å². The fraction of sp³-hybridized carbons (Fsp3) is 0.294. The summed E-state index contributed by atoms with van der Waals surface area (Å²) in [6, 6.07) is 6.23. The van der Waals surface area contributed by atoms with Gasteiger partial charge in [0, 0.05) is 10.9 Å². The Morgan fingerprint density at radius 1 is 1.19 bits per heavy atom. The Balaban J connectivity index is 1.47. The second-order valence-electron chi connectivity index (χ2n) is 5.84. The second kappa shape index (κ2) is 7.57. The van der Waals surface area contributed by atoms with Gasteiger partial charge in [-0.25, -0.2) is 4.98 Å². The smallest absolute Gasteiger partial charge is 0.236 e. The lowest BCUT2D eigenvalue weighted by Crippen LogP contribution is -2.14. The van der Waals surface area contributed by atoms with Crippen molar-refractivity contribution in [1.29, 1.82) is 0 Å². The summed E-state index contributed by atoms with van der Waals surface area (Å²) in [5.74, 6) is 0.000716. The maximum atomic E-state index is 12.1. The highest BCUT2D eigenvalue weighted by Gasteiger charge is 2.12. The van der Waals surface area contributed by atoms with Gasteiger partial charge in [-0.2, -0.15) is 0 Å². The molecule has 3 heterocycles. The zero-order chi connectivity index (χ0) is 18.8. The zero-order valence-corrected chi connectivity index (χ0v) is 16.4. The van der Waals surface area contributed by atoms with Crippen molar-refractivity contribution in [2.75, 3.05) is 11.1 Å². The lowest BCUT2D eigenvalue weighted by molar-refractivity contribution is -0.113. The Kier molecular flexibility index (Phi) is 4.99. The molecule has 0 unspecified atom stereocenters. The van der Waals surface area contributed by atoms with E-state index in [9.17, 15) is 4.79 Å². The van der Waals surface area contributed by atoms with Crippen molar-refractivity contribution in [2.24, 2.45) is 0 Å². The van der Waals surface area contributed by atoms with Gasteiger partial charge in [-0.3, -0.25) is 10.1 Å². The number of amides is 1. The van der Waals surface area contributed by atoms with Crippen molar-refractivity contribution in [3.63, 3.8) is 0 Å². The second-order valence-corrected chi connectivity index (χ2v) is 7.85. The summed E-state index contributed by atoms with van der Waals surface area (Å²) in [5.41, 5.74) is 3.64. The number of fused-ring (bicyclic) bond motifs is 3. The number of carbonyl (C=O) groups is 1. The number of nitrogens with zero attached hydrogens (tertiary/aromatic N) is 5. The van der Waals surface area contributed by atoms with Crippen LogP contribution in [0, 0.1) is 0 Å². The number of aryl methyl sites for hydroxylation is 2. The van der Waals surface area contributed by atoms with E-state index >= 15 is 0 Å². The van der Waals surface area contributed by atoms with Gasteiger partial charge in [0.25, 0.3) is 0 Å². The van der Waals surface area contributed by atoms with Crippen molar-refractivity contribution in [1.82, 2.24) is 30.4 Å². The molecule has 138 valence electrons. The first kappa shape index (κ1) is 17.8. The van der Waals surface area contributed by atoms with Crippen LogP contribution in [0.5, 0.6) is 0 Å². The zero-order valence-electron chi connectivity index (χ0n) is 14.8. The summed E-state index contributed by atoms with van der Waals surface area (Å²) in [6.45, 7) is 4.11. The van der Waals surface area contributed by atoms with Gasteiger partial charge in [0.05, 0.1) is 5.75 Å². The molecule has 1 amide bonds. The quantitative estimate of drug-likeness (QED) is 0.479. The Labute approximate surface area is 163 Å². The normalized spacial score (nSPS) is 11.3. The minimum absolute atomic E-state index is 0.174. The first-order valence-corrected chi connectivity index (χ1v) is 10.4. The third kappa shape index (κ3) is 3.76. The Morgan fingerprint density at radius 2 is 2.07 bits per heavy atom. The molecule has 0 bridgehead atoms. The Morgan fingerprint density at radius 3 is 2.85 bits per heavy atom. The lowest BCUT2D eigenvalue weighted by Gasteiger charge is -2.00. The molecule has 4 aromatic rings. The number of hydrogen-bond acceptors (Lipinski definition) is 8. The van der Waals surface area contributed by atoms with Crippen LogP contribution in [0.3, 0.4) is 0 Å². The monoisotopic (exact) mass is 399 g/mol. The van der Waals surface area contributed by atoms with Gasteiger partial charge >= 0.3 is 0 Å². The molecule has 0 radical (unpaired) electrons. The maximum Gasteiger partial charge on any atom is 0.236 e. The summed E-state index contributed by atoms with van der Waals surface area (Å²) >= 11 is 2.61. The lowest BCUT2D eigenvalue weighted by atomic mass is 10.1. The van der Waals surface area contributed by atoms with E-state index in [1.165, 1.54) is 28.7 Å². The molecule has 0 spiro atoms. The van der Waals surface area contributed by atoms with Gasteiger partial charge in [0.15, 0.2) is 5.65 Å². The standard InChI is InChI=1S/C17H17N7OS2/c1-3-9-5-6-11-10(7-9)14-15(18-11)20-16(23-22-14)26-8-12(25)19-17-24-21-13(4-2)27-17/h5-7H,3-4,8H2,1-2H3,(H,18,20,23)(H,19,24,25). The number of benzene rings is 1. The predicted octanol–water partition coefficient (Wildman–Crippen LogP) is 3.21. The van der Waals surface area contributed by atoms with Gasteiger partial charge in [0.2, 0.25) is 16.2 Å².